The Hall–Kier alpha value is -4.76. The standard InChI is InChI=1S/C22H14O2.C10H8O/c23-19-11-9-14-5-1-3-7-16(14)21(19)18-13-24-20-12-10-15-6-2-4-8-17(15)22(18)20;11-10-6-5-8-3-1-2-4-9(8)7-10/h1-13,23H;1-7,11H. The van der Waals surface area contributed by atoms with E-state index in [4.69, 9.17) is 9.52 Å². The van der Waals surface area contributed by atoms with E-state index in [1.54, 1.807) is 24.5 Å². The fourth-order valence-electron chi connectivity index (χ4n) is 4.71. The highest BCUT2D eigenvalue weighted by molar-refractivity contribution is 6.16. The van der Waals surface area contributed by atoms with Crippen molar-refractivity contribution in [2.24, 2.45) is 0 Å². The second-order valence-corrected chi connectivity index (χ2v) is 8.52. The maximum Gasteiger partial charge on any atom is 0.135 e. The first-order valence-corrected chi connectivity index (χ1v) is 11.5. The van der Waals surface area contributed by atoms with Crippen molar-refractivity contribution in [1.82, 2.24) is 0 Å². The highest BCUT2D eigenvalue weighted by Gasteiger charge is 2.16. The van der Waals surface area contributed by atoms with Crippen molar-refractivity contribution in [3.8, 4) is 22.6 Å². The summed E-state index contributed by atoms with van der Waals surface area (Å²) in [6.45, 7) is 0. The van der Waals surface area contributed by atoms with E-state index in [9.17, 15) is 5.11 Å². The summed E-state index contributed by atoms with van der Waals surface area (Å²) in [5.74, 6) is 0.591. The number of rotatable bonds is 1. The number of hydrogen-bond acceptors (Lipinski definition) is 3. The van der Waals surface area contributed by atoms with Gasteiger partial charge < -0.3 is 14.6 Å². The molecule has 0 bridgehead atoms. The van der Waals surface area contributed by atoms with Gasteiger partial charge in [0.2, 0.25) is 0 Å². The van der Waals surface area contributed by atoms with Crippen molar-refractivity contribution < 1.29 is 14.6 Å². The Morgan fingerprint density at radius 3 is 1.91 bits per heavy atom. The molecule has 2 N–H and O–H groups in total. The molecule has 7 rings (SSSR count). The van der Waals surface area contributed by atoms with Crippen molar-refractivity contribution in [3.63, 3.8) is 0 Å². The van der Waals surface area contributed by atoms with E-state index in [1.165, 1.54) is 0 Å². The zero-order valence-corrected chi connectivity index (χ0v) is 18.8. The number of furan rings is 1. The van der Waals surface area contributed by atoms with E-state index in [0.717, 1.165) is 54.4 Å². The summed E-state index contributed by atoms with van der Waals surface area (Å²) in [6.07, 6.45) is 1.75. The topological polar surface area (TPSA) is 53.6 Å². The van der Waals surface area contributed by atoms with Gasteiger partial charge in [-0.05, 0) is 56.6 Å². The molecule has 0 saturated carbocycles. The van der Waals surface area contributed by atoms with Crippen LogP contribution in [0.25, 0.3) is 54.4 Å². The number of aromatic hydroxyl groups is 2. The van der Waals surface area contributed by atoms with Crippen LogP contribution in [0.1, 0.15) is 0 Å². The van der Waals surface area contributed by atoms with Crippen LogP contribution < -0.4 is 0 Å². The second-order valence-electron chi connectivity index (χ2n) is 8.52. The molecule has 1 heterocycles. The maximum atomic E-state index is 10.6. The Balaban J connectivity index is 0.000000174. The summed E-state index contributed by atoms with van der Waals surface area (Å²) in [4.78, 5) is 0. The van der Waals surface area contributed by atoms with E-state index in [1.807, 2.05) is 72.8 Å². The summed E-state index contributed by atoms with van der Waals surface area (Å²) >= 11 is 0. The molecule has 0 atom stereocenters. The van der Waals surface area contributed by atoms with Crippen LogP contribution in [0.15, 0.2) is 126 Å². The molecule has 0 fully saturated rings. The molecule has 7 aromatic rings. The largest absolute Gasteiger partial charge is 0.508 e. The van der Waals surface area contributed by atoms with Gasteiger partial charge in [0.1, 0.15) is 17.1 Å². The van der Waals surface area contributed by atoms with Gasteiger partial charge in [-0.1, -0.05) is 91.0 Å². The molecule has 0 radical (unpaired) electrons. The van der Waals surface area contributed by atoms with Crippen LogP contribution in [0.2, 0.25) is 0 Å². The molecule has 1 aromatic heterocycles. The Labute approximate surface area is 202 Å². The first kappa shape index (κ1) is 20.8. The molecule has 6 aromatic carbocycles. The van der Waals surface area contributed by atoms with Crippen molar-refractivity contribution in [2.45, 2.75) is 0 Å². The smallest absolute Gasteiger partial charge is 0.135 e. The summed E-state index contributed by atoms with van der Waals surface area (Å²) < 4.78 is 5.80. The Kier molecular flexibility index (Phi) is 5.08. The quantitative estimate of drug-likeness (QED) is 0.261. The van der Waals surface area contributed by atoms with Crippen LogP contribution in [-0.2, 0) is 0 Å². The van der Waals surface area contributed by atoms with Crippen LogP contribution in [0.3, 0.4) is 0 Å². The molecule has 0 unspecified atom stereocenters. The molecule has 168 valence electrons. The Bertz CT molecular complexity index is 1830. The highest BCUT2D eigenvalue weighted by atomic mass is 16.3. The van der Waals surface area contributed by atoms with Gasteiger partial charge in [-0.2, -0.15) is 0 Å². The minimum atomic E-state index is 0.268. The fourth-order valence-corrected chi connectivity index (χ4v) is 4.71. The molecule has 0 aliphatic heterocycles. The molecule has 0 saturated heterocycles. The van der Waals surface area contributed by atoms with Crippen molar-refractivity contribution in [1.29, 1.82) is 0 Å². The SMILES string of the molecule is Oc1ccc2ccccc2c1.Oc1ccc2ccccc2c1-c1coc2ccc3ccccc3c12. The van der Waals surface area contributed by atoms with Gasteiger partial charge in [0.05, 0.1) is 6.26 Å². The summed E-state index contributed by atoms with van der Waals surface area (Å²) in [7, 11) is 0. The summed E-state index contributed by atoms with van der Waals surface area (Å²) in [5.41, 5.74) is 2.58. The molecule has 0 spiro atoms. The monoisotopic (exact) mass is 454 g/mol. The van der Waals surface area contributed by atoms with Crippen molar-refractivity contribution in [3.05, 3.63) is 122 Å². The van der Waals surface area contributed by atoms with E-state index < -0.39 is 0 Å². The van der Waals surface area contributed by atoms with Crippen LogP contribution in [0.5, 0.6) is 11.5 Å². The number of benzene rings is 6. The third-order valence-electron chi connectivity index (χ3n) is 6.37. The van der Waals surface area contributed by atoms with Crippen molar-refractivity contribution in [2.75, 3.05) is 0 Å². The third kappa shape index (κ3) is 3.73. The lowest BCUT2D eigenvalue weighted by molar-refractivity contribution is 0.476. The molecule has 0 amide bonds. The fraction of sp³-hybridized carbons (Fsp3) is 0. The number of hydrogen-bond donors (Lipinski definition) is 2. The zero-order valence-electron chi connectivity index (χ0n) is 18.8. The zero-order chi connectivity index (χ0) is 23.8. The molecule has 3 nitrogen and oxygen atoms in total. The molecular formula is C32H22O3. The molecule has 0 aliphatic carbocycles. The predicted octanol–water partition coefficient (Wildman–Crippen LogP) is 8.66. The van der Waals surface area contributed by atoms with Gasteiger partial charge >= 0.3 is 0 Å². The summed E-state index contributed by atoms with van der Waals surface area (Å²) in [6, 6.07) is 37.4. The molecule has 35 heavy (non-hydrogen) atoms. The number of phenolic OH excluding ortho intramolecular Hbond substituents is 2. The Morgan fingerprint density at radius 1 is 0.514 bits per heavy atom. The minimum Gasteiger partial charge on any atom is -0.508 e. The number of fused-ring (bicyclic) bond motifs is 5. The lowest BCUT2D eigenvalue weighted by Crippen LogP contribution is -1.83. The van der Waals surface area contributed by atoms with Gasteiger partial charge in [-0.25, -0.2) is 0 Å². The van der Waals surface area contributed by atoms with Gasteiger partial charge in [0.15, 0.2) is 0 Å². The van der Waals surface area contributed by atoms with Crippen LogP contribution in [-0.4, -0.2) is 10.2 Å². The lowest BCUT2D eigenvalue weighted by atomic mass is 9.94. The number of phenols is 2. The highest BCUT2D eigenvalue weighted by Crippen LogP contribution is 2.43. The van der Waals surface area contributed by atoms with Gasteiger partial charge in [0.25, 0.3) is 0 Å². The van der Waals surface area contributed by atoms with Crippen LogP contribution >= 0.6 is 0 Å². The van der Waals surface area contributed by atoms with Crippen molar-refractivity contribution >= 4 is 43.3 Å². The minimum absolute atomic E-state index is 0.268. The maximum absolute atomic E-state index is 10.6. The van der Waals surface area contributed by atoms with E-state index in [-0.39, 0.29) is 5.75 Å². The van der Waals surface area contributed by atoms with Gasteiger partial charge in [-0.15, -0.1) is 0 Å². The van der Waals surface area contributed by atoms with Gasteiger partial charge in [-0.3, -0.25) is 0 Å². The Morgan fingerprint density at radius 2 is 1.11 bits per heavy atom. The third-order valence-corrected chi connectivity index (χ3v) is 6.37. The van der Waals surface area contributed by atoms with E-state index in [0.29, 0.717) is 5.75 Å². The average molecular weight is 455 g/mol. The molecule has 0 aliphatic rings. The lowest BCUT2D eigenvalue weighted by Gasteiger charge is -2.09. The summed E-state index contributed by atoms with van der Waals surface area (Å²) in [5, 5.41) is 27.4. The van der Waals surface area contributed by atoms with E-state index >= 15 is 0 Å². The second kappa shape index (κ2) is 8.54. The first-order chi connectivity index (χ1) is 17.2. The van der Waals surface area contributed by atoms with Gasteiger partial charge in [0, 0.05) is 16.5 Å². The molecule has 3 heteroatoms. The normalized spacial score (nSPS) is 11.1. The first-order valence-electron chi connectivity index (χ1n) is 11.5. The van der Waals surface area contributed by atoms with E-state index in [2.05, 4.69) is 24.3 Å². The van der Waals surface area contributed by atoms with Crippen LogP contribution in [0, 0.1) is 0 Å². The average Bonchev–Trinajstić information content (AvgIpc) is 3.33. The molecular weight excluding hydrogens is 432 g/mol. The predicted molar refractivity (Wildman–Crippen MR) is 144 cm³/mol. The van der Waals surface area contributed by atoms with Crippen LogP contribution in [0.4, 0.5) is 0 Å².